The Kier molecular flexibility index (Phi) is 4.55. The molecule has 1 aromatic heterocycles. The molecule has 3 rings (SSSR count). The maximum atomic E-state index is 10.5. The molecule has 0 amide bonds. The van der Waals surface area contributed by atoms with Crippen LogP contribution in [0.25, 0.3) is 11.0 Å². The van der Waals surface area contributed by atoms with E-state index in [1.807, 2.05) is 45.5 Å². The minimum Gasteiger partial charge on any atom is -0.387 e. The minimum absolute atomic E-state index is 0.345. The summed E-state index contributed by atoms with van der Waals surface area (Å²) in [5.41, 5.74) is 3.22. The van der Waals surface area contributed by atoms with E-state index in [9.17, 15) is 5.11 Å². The van der Waals surface area contributed by atoms with E-state index < -0.39 is 6.10 Å². The molecule has 0 aliphatic carbocycles. The summed E-state index contributed by atoms with van der Waals surface area (Å²) >= 11 is 5.90. The van der Waals surface area contributed by atoms with E-state index in [-0.39, 0.29) is 0 Å². The van der Waals surface area contributed by atoms with Crippen LogP contribution in [0.5, 0.6) is 0 Å². The Balaban J connectivity index is 2.01. The highest BCUT2D eigenvalue weighted by molar-refractivity contribution is 6.30. The molecule has 120 valence electrons. The average Bonchev–Trinajstić information content (AvgIpc) is 2.82. The van der Waals surface area contributed by atoms with Crippen molar-refractivity contribution in [1.29, 1.82) is 5.41 Å². The van der Waals surface area contributed by atoms with Crippen molar-refractivity contribution in [3.05, 3.63) is 64.7 Å². The summed E-state index contributed by atoms with van der Waals surface area (Å²) in [4.78, 5) is 0. The first kappa shape index (κ1) is 15.8. The van der Waals surface area contributed by atoms with Gasteiger partial charge in [-0.3, -0.25) is 5.41 Å². The fourth-order valence-electron chi connectivity index (χ4n) is 2.89. The SMILES string of the molecule is CCCn1c(=N)n(C[C@H](O)c2ccc(Cl)cc2)c2ccccc21. The van der Waals surface area contributed by atoms with Gasteiger partial charge in [0.15, 0.2) is 0 Å². The second-order valence-electron chi connectivity index (χ2n) is 5.64. The van der Waals surface area contributed by atoms with Crippen LogP contribution < -0.4 is 5.62 Å². The van der Waals surface area contributed by atoms with Crippen molar-refractivity contribution in [3.8, 4) is 0 Å². The number of benzene rings is 2. The summed E-state index contributed by atoms with van der Waals surface area (Å²) in [6.45, 7) is 3.24. The number of hydrogen-bond acceptors (Lipinski definition) is 2. The molecule has 0 spiro atoms. The smallest absolute Gasteiger partial charge is 0.203 e. The van der Waals surface area contributed by atoms with Gasteiger partial charge < -0.3 is 14.2 Å². The average molecular weight is 330 g/mol. The second-order valence-corrected chi connectivity index (χ2v) is 6.08. The predicted molar refractivity (Wildman–Crippen MR) is 92.5 cm³/mol. The third-order valence-corrected chi connectivity index (χ3v) is 4.28. The van der Waals surface area contributed by atoms with Gasteiger partial charge in [-0.1, -0.05) is 42.8 Å². The fraction of sp³-hybridized carbons (Fsp3) is 0.278. The maximum absolute atomic E-state index is 10.5. The first-order valence-corrected chi connectivity index (χ1v) is 8.15. The molecule has 0 saturated heterocycles. The van der Waals surface area contributed by atoms with Crippen molar-refractivity contribution in [2.24, 2.45) is 0 Å². The van der Waals surface area contributed by atoms with E-state index in [0.29, 0.717) is 17.2 Å². The van der Waals surface area contributed by atoms with Crippen molar-refractivity contribution in [1.82, 2.24) is 9.13 Å². The highest BCUT2D eigenvalue weighted by atomic mass is 35.5. The zero-order valence-corrected chi connectivity index (χ0v) is 13.8. The van der Waals surface area contributed by atoms with Crippen LogP contribution in [0.3, 0.4) is 0 Å². The van der Waals surface area contributed by atoms with Gasteiger partial charge in [-0.05, 0) is 36.2 Å². The summed E-state index contributed by atoms with van der Waals surface area (Å²) in [5.74, 6) is 0. The van der Waals surface area contributed by atoms with Crippen LogP contribution in [-0.4, -0.2) is 14.2 Å². The Morgan fingerprint density at radius 3 is 2.26 bits per heavy atom. The number of fused-ring (bicyclic) bond motifs is 1. The number of aliphatic hydroxyl groups is 1. The summed E-state index contributed by atoms with van der Waals surface area (Å²) in [6.07, 6.45) is 0.284. The number of nitrogens with one attached hydrogen (secondary N) is 1. The highest BCUT2D eigenvalue weighted by Crippen LogP contribution is 2.20. The van der Waals surface area contributed by atoms with E-state index in [2.05, 4.69) is 6.92 Å². The van der Waals surface area contributed by atoms with Crippen LogP contribution in [0.2, 0.25) is 5.02 Å². The molecule has 0 aliphatic heterocycles. The van der Waals surface area contributed by atoms with Gasteiger partial charge in [-0.15, -0.1) is 0 Å². The third kappa shape index (κ3) is 3.05. The number of aliphatic hydroxyl groups excluding tert-OH is 1. The first-order valence-electron chi connectivity index (χ1n) is 7.78. The van der Waals surface area contributed by atoms with Crippen molar-refractivity contribution in [3.63, 3.8) is 0 Å². The van der Waals surface area contributed by atoms with Crippen LogP contribution in [0, 0.1) is 5.41 Å². The van der Waals surface area contributed by atoms with Gasteiger partial charge >= 0.3 is 0 Å². The lowest BCUT2D eigenvalue weighted by Crippen LogP contribution is -2.26. The molecule has 1 heterocycles. The summed E-state index contributed by atoms with van der Waals surface area (Å²) < 4.78 is 3.86. The molecule has 5 heteroatoms. The number of imidazole rings is 1. The molecular weight excluding hydrogens is 310 g/mol. The molecule has 3 aromatic rings. The molecule has 0 bridgehead atoms. The zero-order chi connectivity index (χ0) is 16.4. The number of aromatic nitrogens is 2. The molecule has 2 N–H and O–H groups in total. The normalized spacial score (nSPS) is 12.7. The van der Waals surface area contributed by atoms with E-state index in [0.717, 1.165) is 29.6 Å². The number of para-hydroxylation sites is 2. The van der Waals surface area contributed by atoms with Crippen molar-refractivity contribution >= 4 is 22.6 Å². The van der Waals surface area contributed by atoms with Gasteiger partial charge in [0.25, 0.3) is 0 Å². The maximum Gasteiger partial charge on any atom is 0.203 e. The molecule has 0 radical (unpaired) electrons. The summed E-state index contributed by atoms with van der Waals surface area (Å²) in [7, 11) is 0. The number of halogens is 1. The van der Waals surface area contributed by atoms with E-state index in [1.54, 1.807) is 12.1 Å². The molecule has 0 aliphatic rings. The zero-order valence-electron chi connectivity index (χ0n) is 13.0. The van der Waals surface area contributed by atoms with Crippen LogP contribution in [-0.2, 0) is 13.1 Å². The van der Waals surface area contributed by atoms with Gasteiger partial charge in [0, 0.05) is 11.6 Å². The molecule has 0 fully saturated rings. The van der Waals surface area contributed by atoms with Gasteiger partial charge in [-0.2, -0.15) is 0 Å². The Bertz CT molecular complexity index is 864. The van der Waals surface area contributed by atoms with Crippen LogP contribution in [0.4, 0.5) is 0 Å². The molecule has 0 unspecified atom stereocenters. The van der Waals surface area contributed by atoms with E-state index >= 15 is 0 Å². The molecule has 0 saturated carbocycles. The molecular formula is C18H20ClN3O. The molecule has 2 aromatic carbocycles. The standard InChI is InChI=1S/C18H20ClN3O/c1-2-11-21-15-5-3-4-6-16(15)22(18(21)20)12-17(23)13-7-9-14(19)10-8-13/h3-10,17,20,23H,2,11-12H2,1H3/t17-/m0/s1. The highest BCUT2D eigenvalue weighted by Gasteiger charge is 2.14. The van der Waals surface area contributed by atoms with E-state index in [1.165, 1.54) is 0 Å². The van der Waals surface area contributed by atoms with Crippen molar-refractivity contribution in [2.45, 2.75) is 32.5 Å². The lowest BCUT2D eigenvalue weighted by atomic mass is 10.1. The number of hydrogen-bond donors (Lipinski definition) is 2. The van der Waals surface area contributed by atoms with Gasteiger partial charge in [0.05, 0.1) is 23.7 Å². The Hall–Kier alpha value is -2.04. The fourth-order valence-corrected chi connectivity index (χ4v) is 3.02. The van der Waals surface area contributed by atoms with Crippen LogP contribution in [0.1, 0.15) is 25.0 Å². The summed E-state index contributed by atoms with van der Waals surface area (Å²) in [6, 6.07) is 15.1. The van der Waals surface area contributed by atoms with Crippen molar-refractivity contribution in [2.75, 3.05) is 0 Å². The van der Waals surface area contributed by atoms with Crippen LogP contribution >= 0.6 is 11.6 Å². The quantitative estimate of drug-likeness (QED) is 0.736. The Morgan fingerprint density at radius 2 is 1.65 bits per heavy atom. The second kappa shape index (κ2) is 6.60. The van der Waals surface area contributed by atoms with E-state index in [4.69, 9.17) is 17.0 Å². The number of nitrogens with zero attached hydrogens (tertiary/aromatic N) is 2. The lowest BCUT2D eigenvalue weighted by Gasteiger charge is -2.13. The topological polar surface area (TPSA) is 53.9 Å². The number of aryl methyl sites for hydroxylation is 1. The van der Waals surface area contributed by atoms with Gasteiger partial charge in [0.1, 0.15) is 0 Å². The first-order chi connectivity index (χ1) is 11.1. The predicted octanol–water partition coefficient (Wildman–Crippen LogP) is 3.72. The minimum atomic E-state index is -0.678. The Morgan fingerprint density at radius 1 is 1.04 bits per heavy atom. The largest absolute Gasteiger partial charge is 0.387 e. The molecule has 4 nitrogen and oxygen atoms in total. The van der Waals surface area contributed by atoms with Crippen molar-refractivity contribution < 1.29 is 5.11 Å². The molecule has 1 atom stereocenters. The summed E-state index contributed by atoms with van der Waals surface area (Å²) in [5, 5.41) is 19.6. The van der Waals surface area contributed by atoms with Gasteiger partial charge in [0.2, 0.25) is 5.62 Å². The number of rotatable bonds is 5. The Labute approximate surface area is 140 Å². The lowest BCUT2D eigenvalue weighted by molar-refractivity contribution is 0.155. The monoisotopic (exact) mass is 329 g/mol. The molecule has 23 heavy (non-hydrogen) atoms. The van der Waals surface area contributed by atoms with Gasteiger partial charge in [-0.25, -0.2) is 0 Å². The van der Waals surface area contributed by atoms with Crippen LogP contribution in [0.15, 0.2) is 48.5 Å². The third-order valence-electron chi connectivity index (χ3n) is 4.03.